The van der Waals surface area contributed by atoms with Crippen LogP contribution in [0.3, 0.4) is 0 Å². The molecule has 8 heteroatoms. The molecule has 2 heterocycles. The predicted octanol–water partition coefficient (Wildman–Crippen LogP) is 3.91. The van der Waals surface area contributed by atoms with E-state index in [0.717, 1.165) is 11.1 Å². The van der Waals surface area contributed by atoms with Crippen molar-refractivity contribution in [3.8, 4) is 5.75 Å². The maximum atomic E-state index is 12.1. The molecule has 0 spiro atoms. The van der Waals surface area contributed by atoms with Gasteiger partial charge in [0.15, 0.2) is 5.70 Å². The van der Waals surface area contributed by atoms with Crippen LogP contribution in [-0.4, -0.2) is 23.4 Å². The van der Waals surface area contributed by atoms with E-state index in [1.807, 2.05) is 6.08 Å². The minimum Gasteiger partial charge on any atom is -0.488 e. The Morgan fingerprint density at radius 1 is 1.22 bits per heavy atom. The van der Waals surface area contributed by atoms with Crippen LogP contribution in [0.15, 0.2) is 64.8 Å². The average molecular weight is 383 g/mol. The number of esters is 1. The Hall–Kier alpha value is -3.45. The number of cyclic esters (lactones) is 1. The molecule has 0 fully saturated rings. The van der Waals surface area contributed by atoms with Gasteiger partial charge >= 0.3 is 5.97 Å². The van der Waals surface area contributed by atoms with Crippen LogP contribution < -0.4 is 4.74 Å². The first kappa shape index (κ1) is 17.0. The number of fused-ring (bicyclic) bond motifs is 1. The molecule has 2 aliphatic heterocycles. The zero-order chi connectivity index (χ0) is 19.0. The van der Waals surface area contributed by atoms with Gasteiger partial charge in [0.05, 0.1) is 4.92 Å². The molecule has 0 saturated heterocycles. The van der Waals surface area contributed by atoms with Crippen LogP contribution in [0.25, 0.3) is 6.08 Å². The fourth-order valence-corrected chi connectivity index (χ4v) is 2.89. The second-order valence-electron chi connectivity index (χ2n) is 5.83. The molecule has 2 aromatic carbocycles. The minimum absolute atomic E-state index is 0.0238. The first-order valence-electron chi connectivity index (χ1n) is 7.90. The first-order chi connectivity index (χ1) is 13.0. The summed E-state index contributed by atoms with van der Waals surface area (Å²) >= 11 is 6.00. The molecule has 0 atom stereocenters. The van der Waals surface area contributed by atoms with E-state index in [1.54, 1.807) is 30.3 Å². The Kier molecular flexibility index (Phi) is 4.21. The zero-order valence-corrected chi connectivity index (χ0v) is 14.5. The maximum Gasteiger partial charge on any atom is 0.363 e. The number of carbonyl (C=O) groups excluding carboxylic acids is 1. The quantitative estimate of drug-likeness (QED) is 0.347. The van der Waals surface area contributed by atoms with Crippen molar-refractivity contribution in [2.45, 2.75) is 0 Å². The fourth-order valence-electron chi connectivity index (χ4n) is 2.71. The molecule has 0 amide bonds. The topological polar surface area (TPSA) is 91.0 Å². The van der Waals surface area contributed by atoms with E-state index in [9.17, 15) is 14.9 Å². The lowest BCUT2D eigenvalue weighted by Gasteiger charge is -2.16. The lowest BCUT2D eigenvalue weighted by atomic mass is 10.1. The van der Waals surface area contributed by atoms with E-state index >= 15 is 0 Å². The number of nitro benzene ring substituents is 1. The number of nitro groups is 1. The molecule has 0 bridgehead atoms. The second-order valence-corrected chi connectivity index (χ2v) is 6.27. The van der Waals surface area contributed by atoms with Gasteiger partial charge in [-0.25, -0.2) is 9.79 Å². The molecule has 0 saturated carbocycles. The van der Waals surface area contributed by atoms with Crippen LogP contribution in [0.5, 0.6) is 5.75 Å². The third kappa shape index (κ3) is 3.45. The number of halogens is 1. The van der Waals surface area contributed by atoms with Crippen molar-refractivity contribution in [2.75, 3.05) is 6.61 Å². The molecule has 4 rings (SSSR count). The SMILES string of the molecule is O=C1OC(c2cccc([N+](=O)[O-])c2)=N/C1=C\C1=Cc2cc(Cl)ccc2OC1. The van der Waals surface area contributed by atoms with E-state index in [-0.39, 0.29) is 23.9 Å². The number of hydrogen-bond donors (Lipinski definition) is 0. The molecule has 0 unspecified atom stereocenters. The normalized spacial score (nSPS) is 16.9. The summed E-state index contributed by atoms with van der Waals surface area (Å²) in [5.41, 5.74) is 1.86. The van der Waals surface area contributed by atoms with Crippen molar-refractivity contribution in [3.05, 3.63) is 86.1 Å². The number of hydrogen-bond acceptors (Lipinski definition) is 6. The van der Waals surface area contributed by atoms with E-state index in [1.165, 1.54) is 18.2 Å². The van der Waals surface area contributed by atoms with Crippen LogP contribution in [0.4, 0.5) is 5.69 Å². The van der Waals surface area contributed by atoms with Gasteiger partial charge in [-0.3, -0.25) is 10.1 Å². The van der Waals surface area contributed by atoms with Gasteiger partial charge in [0, 0.05) is 28.3 Å². The largest absolute Gasteiger partial charge is 0.488 e. The number of rotatable bonds is 3. The number of nitrogens with zero attached hydrogens (tertiary/aromatic N) is 2. The summed E-state index contributed by atoms with van der Waals surface area (Å²) in [5.74, 6) is 0.0985. The fraction of sp³-hybridized carbons (Fsp3) is 0.0526. The molecule has 7 nitrogen and oxygen atoms in total. The summed E-state index contributed by atoms with van der Waals surface area (Å²) < 4.78 is 10.8. The van der Waals surface area contributed by atoms with Crippen molar-refractivity contribution >= 4 is 35.2 Å². The summed E-state index contributed by atoms with van der Waals surface area (Å²) in [6, 6.07) is 11.0. The zero-order valence-electron chi connectivity index (χ0n) is 13.7. The van der Waals surface area contributed by atoms with Crippen LogP contribution in [0.1, 0.15) is 11.1 Å². The van der Waals surface area contributed by atoms with Crippen molar-refractivity contribution in [1.82, 2.24) is 0 Å². The minimum atomic E-state index is -0.630. The lowest BCUT2D eigenvalue weighted by molar-refractivity contribution is -0.384. The number of aliphatic imine (C=N–C) groups is 1. The molecule has 0 aromatic heterocycles. The highest BCUT2D eigenvalue weighted by molar-refractivity contribution is 6.30. The van der Waals surface area contributed by atoms with Gasteiger partial charge < -0.3 is 9.47 Å². The van der Waals surface area contributed by atoms with E-state index in [2.05, 4.69) is 4.99 Å². The molecule has 134 valence electrons. The van der Waals surface area contributed by atoms with Crippen molar-refractivity contribution < 1.29 is 19.2 Å². The first-order valence-corrected chi connectivity index (χ1v) is 8.28. The van der Waals surface area contributed by atoms with Crippen molar-refractivity contribution in [2.24, 2.45) is 4.99 Å². The average Bonchev–Trinajstić information content (AvgIpc) is 3.02. The van der Waals surface area contributed by atoms with Gasteiger partial charge in [-0.05, 0) is 42.0 Å². The van der Waals surface area contributed by atoms with Gasteiger partial charge in [0.25, 0.3) is 5.69 Å². The van der Waals surface area contributed by atoms with E-state index in [0.29, 0.717) is 16.3 Å². The Morgan fingerprint density at radius 2 is 2.07 bits per heavy atom. The Balaban J connectivity index is 1.65. The monoisotopic (exact) mass is 382 g/mol. The van der Waals surface area contributed by atoms with Crippen LogP contribution >= 0.6 is 11.6 Å². The smallest absolute Gasteiger partial charge is 0.363 e. The number of benzene rings is 2. The lowest BCUT2D eigenvalue weighted by Crippen LogP contribution is -2.08. The highest BCUT2D eigenvalue weighted by Crippen LogP contribution is 2.30. The maximum absolute atomic E-state index is 12.1. The van der Waals surface area contributed by atoms with Crippen molar-refractivity contribution in [3.63, 3.8) is 0 Å². The van der Waals surface area contributed by atoms with Gasteiger partial charge in [-0.15, -0.1) is 0 Å². The highest BCUT2D eigenvalue weighted by atomic mass is 35.5. The number of ether oxygens (including phenoxy) is 2. The molecule has 0 aliphatic carbocycles. The summed E-state index contributed by atoms with van der Waals surface area (Å²) in [6.07, 6.45) is 3.42. The Bertz CT molecular complexity index is 1070. The molecule has 2 aliphatic rings. The van der Waals surface area contributed by atoms with Gasteiger partial charge in [0.1, 0.15) is 12.4 Å². The van der Waals surface area contributed by atoms with Crippen LogP contribution in [-0.2, 0) is 9.53 Å². The number of non-ortho nitro benzene ring substituents is 1. The number of carbonyl (C=O) groups is 1. The summed E-state index contributed by atoms with van der Waals surface area (Å²) in [4.78, 5) is 26.7. The predicted molar refractivity (Wildman–Crippen MR) is 98.7 cm³/mol. The summed E-state index contributed by atoms with van der Waals surface area (Å²) in [6.45, 7) is 0.271. The third-order valence-electron chi connectivity index (χ3n) is 3.95. The van der Waals surface area contributed by atoms with Crippen LogP contribution in [0.2, 0.25) is 5.02 Å². The Labute approximate surface area is 158 Å². The van der Waals surface area contributed by atoms with Crippen LogP contribution in [0, 0.1) is 10.1 Å². The summed E-state index contributed by atoms with van der Waals surface area (Å²) in [7, 11) is 0. The van der Waals surface area contributed by atoms with E-state index < -0.39 is 10.9 Å². The molecular formula is C19H11ClN2O5. The van der Waals surface area contributed by atoms with Gasteiger partial charge in [0.2, 0.25) is 5.90 Å². The summed E-state index contributed by atoms with van der Waals surface area (Å²) in [5, 5.41) is 11.5. The second kappa shape index (κ2) is 6.69. The third-order valence-corrected chi connectivity index (χ3v) is 4.19. The van der Waals surface area contributed by atoms with Gasteiger partial charge in [-0.1, -0.05) is 17.7 Å². The molecule has 0 N–H and O–H groups in total. The molecular weight excluding hydrogens is 372 g/mol. The molecule has 27 heavy (non-hydrogen) atoms. The van der Waals surface area contributed by atoms with E-state index in [4.69, 9.17) is 21.1 Å². The molecule has 2 aromatic rings. The van der Waals surface area contributed by atoms with Crippen molar-refractivity contribution in [1.29, 1.82) is 0 Å². The Morgan fingerprint density at radius 3 is 2.89 bits per heavy atom. The molecule has 0 radical (unpaired) electrons. The standard InChI is InChI=1S/C19H11ClN2O5/c20-14-4-5-17-13(8-14)6-11(10-26-17)7-16-19(23)27-18(21-16)12-2-1-3-15(9-12)22(24)25/h1-9H,10H2/b16-7-. The van der Waals surface area contributed by atoms with Gasteiger partial charge in [-0.2, -0.15) is 0 Å². The highest BCUT2D eigenvalue weighted by Gasteiger charge is 2.26.